The molecule has 0 radical (unpaired) electrons. The average molecular weight is 599 g/mol. The number of nitrogens with one attached hydrogen (secondary N) is 2. The minimum atomic E-state index is -0.664. The lowest BCUT2D eigenvalue weighted by Gasteiger charge is -2.29. The molecule has 2 N–H and O–H groups in total. The maximum absolute atomic E-state index is 13.7. The molecule has 3 aromatic rings. The summed E-state index contributed by atoms with van der Waals surface area (Å²) in [6.07, 6.45) is 0. The van der Waals surface area contributed by atoms with E-state index in [-0.39, 0.29) is 18.4 Å². The molecule has 206 valence electrons. The molecule has 0 aliphatic carbocycles. The molecule has 1 aromatic heterocycles. The van der Waals surface area contributed by atoms with Crippen molar-refractivity contribution in [3.63, 3.8) is 0 Å². The number of likely N-dealkylation sites (N-methyl/N-ethyl adjacent to an activating group) is 1. The van der Waals surface area contributed by atoms with Crippen LogP contribution in [0.1, 0.15) is 44.9 Å². The van der Waals surface area contributed by atoms with Crippen molar-refractivity contribution < 1.29 is 19.1 Å². The van der Waals surface area contributed by atoms with Crippen LogP contribution in [0.25, 0.3) is 0 Å². The molecule has 11 nitrogen and oxygen atoms in total. The molecule has 1 atom stereocenters. The van der Waals surface area contributed by atoms with E-state index in [9.17, 15) is 9.59 Å². The summed E-state index contributed by atoms with van der Waals surface area (Å²) in [5.41, 5.74) is 3.46. The van der Waals surface area contributed by atoms with E-state index in [0.717, 1.165) is 5.56 Å². The Hall–Kier alpha value is -3.93. The molecule has 12 heteroatoms. The molecule has 0 saturated heterocycles. The number of tetrazole rings is 1. The van der Waals surface area contributed by atoms with Gasteiger partial charge >= 0.3 is 0 Å². The number of carbonyl (C=O) groups is 2. The van der Waals surface area contributed by atoms with Crippen molar-refractivity contribution in [2.45, 2.75) is 40.7 Å². The second-order valence-corrected chi connectivity index (χ2v) is 9.81. The first-order valence-electron chi connectivity index (χ1n) is 12.8. The van der Waals surface area contributed by atoms with Gasteiger partial charge in [-0.3, -0.25) is 9.59 Å². The minimum absolute atomic E-state index is 0.122. The molecule has 1 unspecified atom stereocenters. The van der Waals surface area contributed by atoms with Crippen molar-refractivity contribution in [3.05, 3.63) is 63.3 Å². The highest BCUT2D eigenvalue weighted by atomic mass is 79.9. The Morgan fingerprint density at radius 1 is 1.13 bits per heavy atom. The van der Waals surface area contributed by atoms with Crippen LogP contribution in [-0.4, -0.2) is 63.2 Å². The monoisotopic (exact) mass is 597 g/mol. The summed E-state index contributed by atoms with van der Waals surface area (Å²) < 4.78 is 14.0. The number of aromatic nitrogens is 4. The Morgan fingerprint density at radius 2 is 1.90 bits per heavy atom. The van der Waals surface area contributed by atoms with Gasteiger partial charge in [0.25, 0.3) is 11.8 Å². The second-order valence-electron chi connectivity index (χ2n) is 8.95. The SMILES string of the molecule is CCOc1cc(C2C(C(=O)Nc3cccc(C)c3)=C(C)Nc3nnnn32)cc(Br)c1OCC(=O)N(CC)CC. The number of rotatable bonds is 10. The fourth-order valence-electron chi connectivity index (χ4n) is 4.49. The van der Waals surface area contributed by atoms with E-state index in [4.69, 9.17) is 9.47 Å². The van der Waals surface area contributed by atoms with Crippen LogP contribution in [0, 0.1) is 6.92 Å². The van der Waals surface area contributed by atoms with Gasteiger partial charge in [-0.25, -0.2) is 0 Å². The summed E-state index contributed by atoms with van der Waals surface area (Å²) in [6, 6.07) is 10.5. The Kier molecular flexibility index (Phi) is 8.85. The van der Waals surface area contributed by atoms with Crippen molar-refractivity contribution in [2.75, 3.05) is 36.9 Å². The Balaban J connectivity index is 1.73. The van der Waals surface area contributed by atoms with Crippen LogP contribution in [0.15, 0.2) is 52.1 Å². The van der Waals surface area contributed by atoms with Gasteiger partial charge in [-0.1, -0.05) is 17.2 Å². The van der Waals surface area contributed by atoms with Crippen molar-refractivity contribution in [3.8, 4) is 11.5 Å². The molecule has 2 heterocycles. The number of aryl methyl sites for hydroxylation is 1. The van der Waals surface area contributed by atoms with Gasteiger partial charge < -0.3 is 25.0 Å². The number of fused-ring (bicyclic) bond motifs is 1. The first-order valence-corrected chi connectivity index (χ1v) is 13.6. The van der Waals surface area contributed by atoms with E-state index in [1.54, 1.807) is 15.6 Å². The molecular formula is C27H32BrN7O4. The average Bonchev–Trinajstić information content (AvgIpc) is 3.36. The smallest absolute Gasteiger partial charge is 0.260 e. The largest absolute Gasteiger partial charge is 0.490 e. The van der Waals surface area contributed by atoms with Crippen LogP contribution >= 0.6 is 15.9 Å². The number of allylic oxidation sites excluding steroid dienone is 1. The summed E-state index contributed by atoms with van der Waals surface area (Å²) in [6.45, 7) is 10.9. The van der Waals surface area contributed by atoms with Gasteiger partial charge in [0.1, 0.15) is 6.04 Å². The maximum Gasteiger partial charge on any atom is 0.260 e. The Labute approximate surface area is 235 Å². The normalized spacial score (nSPS) is 14.4. The Morgan fingerprint density at radius 3 is 2.59 bits per heavy atom. The highest BCUT2D eigenvalue weighted by molar-refractivity contribution is 9.10. The number of benzene rings is 2. The quantitative estimate of drug-likeness (QED) is 0.354. The highest BCUT2D eigenvalue weighted by Gasteiger charge is 2.35. The number of hydrogen-bond donors (Lipinski definition) is 2. The summed E-state index contributed by atoms with van der Waals surface area (Å²) in [5, 5.41) is 18.2. The topological polar surface area (TPSA) is 124 Å². The van der Waals surface area contributed by atoms with Crippen LogP contribution in [0.5, 0.6) is 11.5 Å². The summed E-state index contributed by atoms with van der Waals surface area (Å²) in [7, 11) is 0. The Bertz CT molecular complexity index is 1400. The molecule has 0 bridgehead atoms. The summed E-state index contributed by atoms with van der Waals surface area (Å²) in [4.78, 5) is 27.9. The minimum Gasteiger partial charge on any atom is -0.490 e. The third-order valence-corrected chi connectivity index (χ3v) is 6.93. The van der Waals surface area contributed by atoms with Crippen molar-refractivity contribution >= 4 is 39.4 Å². The molecule has 0 saturated carbocycles. The van der Waals surface area contributed by atoms with Crippen LogP contribution in [0.2, 0.25) is 0 Å². The number of amides is 2. The van der Waals surface area contributed by atoms with Crippen molar-refractivity contribution in [1.82, 2.24) is 25.1 Å². The van der Waals surface area contributed by atoms with E-state index in [0.29, 0.717) is 64.1 Å². The van der Waals surface area contributed by atoms with E-state index in [2.05, 4.69) is 42.1 Å². The van der Waals surface area contributed by atoms with E-state index < -0.39 is 6.04 Å². The summed E-state index contributed by atoms with van der Waals surface area (Å²) in [5.74, 6) is 0.820. The molecule has 39 heavy (non-hydrogen) atoms. The van der Waals surface area contributed by atoms with Gasteiger partial charge in [-0.05, 0) is 96.4 Å². The number of hydrogen-bond acceptors (Lipinski definition) is 8. The number of anilines is 2. The van der Waals surface area contributed by atoms with Gasteiger partial charge in [0.2, 0.25) is 5.95 Å². The van der Waals surface area contributed by atoms with Crippen molar-refractivity contribution in [2.24, 2.45) is 0 Å². The first-order chi connectivity index (χ1) is 18.8. The van der Waals surface area contributed by atoms with Gasteiger partial charge in [0, 0.05) is 24.5 Å². The zero-order valence-corrected chi connectivity index (χ0v) is 24.2. The molecule has 0 spiro atoms. The number of nitrogens with zero attached hydrogens (tertiary/aromatic N) is 5. The van der Waals surface area contributed by atoms with E-state index in [1.165, 1.54) is 0 Å². The lowest BCUT2D eigenvalue weighted by molar-refractivity contribution is -0.133. The van der Waals surface area contributed by atoms with Crippen LogP contribution in [-0.2, 0) is 9.59 Å². The fraction of sp³-hybridized carbons (Fsp3) is 0.370. The van der Waals surface area contributed by atoms with Crippen LogP contribution in [0.4, 0.5) is 11.6 Å². The predicted molar refractivity (Wildman–Crippen MR) is 151 cm³/mol. The third-order valence-electron chi connectivity index (χ3n) is 6.34. The zero-order valence-electron chi connectivity index (χ0n) is 22.6. The molecule has 2 aromatic carbocycles. The second kappa shape index (κ2) is 12.3. The third kappa shape index (κ3) is 6.06. The maximum atomic E-state index is 13.7. The number of carbonyl (C=O) groups excluding carboxylic acids is 2. The zero-order chi connectivity index (χ0) is 28.1. The number of halogens is 1. The van der Waals surface area contributed by atoms with Gasteiger partial charge in [-0.15, -0.1) is 0 Å². The van der Waals surface area contributed by atoms with Crippen LogP contribution < -0.4 is 20.1 Å². The molecule has 0 fully saturated rings. The highest BCUT2D eigenvalue weighted by Crippen LogP contribution is 2.42. The number of ether oxygens (including phenoxy) is 2. The lowest BCUT2D eigenvalue weighted by Crippen LogP contribution is -2.34. The first kappa shape index (κ1) is 28.1. The molecule has 1 aliphatic rings. The summed E-state index contributed by atoms with van der Waals surface area (Å²) >= 11 is 3.60. The lowest BCUT2D eigenvalue weighted by atomic mass is 9.94. The van der Waals surface area contributed by atoms with Gasteiger partial charge in [-0.2, -0.15) is 4.68 Å². The molecular weight excluding hydrogens is 566 g/mol. The van der Waals surface area contributed by atoms with Gasteiger partial charge in [0.05, 0.1) is 16.7 Å². The van der Waals surface area contributed by atoms with E-state index in [1.807, 2.05) is 65.0 Å². The van der Waals surface area contributed by atoms with Gasteiger partial charge in [0.15, 0.2) is 18.1 Å². The van der Waals surface area contributed by atoms with E-state index >= 15 is 0 Å². The van der Waals surface area contributed by atoms with Crippen molar-refractivity contribution in [1.29, 1.82) is 0 Å². The fourth-order valence-corrected chi connectivity index (χ4v) is 5.06. The molecule has 4 rings (SSSR count). The molecule has 1 aliphatic heterocycles. The van der Waals surface area contributed by atoms with Crippen LogP contribution in [0.3, 0.4) is 0 Å². The predicted octanol–water partition coefficient (Wildman–Crippen LogP) is 4.32. The molecule has 2 amide bonds. The standard InChI is InChI=1S/C27H32BrN7O4/c1-6-34(7-2)22(36)15-39-25-20(28)13-18(14-21(25)38-8-3)24-23(17(5)29-27-31-32-33-35(24)27)26(37)30-19-11-9-10-16(4)12-19/h9-14,24H,6-8,15H2,1-5H3,(H,30,37)(H,29,31,33).